The Morgan fingerprint density at radius 2 is 1.76 bits per heavy atom. The van der Waals surface area contributed by atoms with E-state index >= 15 is 0 Å². The van der Waals surface area contributed by atoms with E-state index in [0.29, 0.717) is 11.1 Å². The lowest BCUT2D eigenvalue weighted by atomic mass is 10.1. The molecule has 0 N–H and O–H groups in total. The van der Waals surface area contributed by atoms with Crippen molar-refractivity contribution in [3.8, 4) is 0 Å². The highest BCUT2D eigenvalue weighted by atomic mass is 16.5. The van der Waals surface area contributed by atoms with Crippen molar-refractivity contribution in [2.24, 2.45) is 5.92 Å². The minimum absolute atomic E-state index is 0.0646. The number of hydrogen-bond acceptors (Lipinski definition) is 5. The van der Waals surface area contributed by atoms with E-state index in [4.69, 9.17) is 4.74 Å². The molecular weight excluding hydrogens is 324 g/mol. The van der Waals surface area contributed by atoms with Gasteiger partial charge in [-0.15, -0.1) is 0 Å². The maximum Gasteiger partial charge on any atom is 0.310 e. The van der Waals surface area contributed by atoms with Crippen molar-refractivity contribution >= 4 is 23.7 Å². The van der Waals surface area contributed by atoms with Crippen LogP contribution >= 0.6 is 0 Å². The predicted molar refractivity (Wildman–Crippen MR) is 87.7 cm³/mol. The molecule has 0 radical (unpaired) electrons. The van der Waals surface area contributed by atoms with Gasteiger partial charge in [0.15, 0.2) is 0 Å². The Kier molecular flexibility index (Phi) is 4.57. The molecule has 1 aliphatic heterocycles. The van der Waals surface area contributed by atoms with Crippen molar-refractivity contribution < 1.29 is 23.9 Å². The largest absolute Gasteiger partial charge is 0.469 e. The van der Waals surface area contributed by atoms with Gasteiger partial charge in [-0.3, -0.25) is 24.1 Å². The van der Waals surface area contributed by atoms with Crippen LogP contribution in [-0.2, 0) is 14.3 Å². The summed E-state index contributed by atoms with van der Waals surface area (Å²) in [6, 6.07) is 6.60. The number of amides is 3. The highest BCUT2D eigenvalue weighted by molar-refractivity contribution is 6.22. The van der Waals surface area contributed by atoms with Gasteiger partial charge >= 0.3 is 5.97 Å². The maximum atomic E-state index is 12.7. The zero-order valence-electron chi connectivity index (χ0n) is 14.2. The van der Waals surface area contributed by atoms with Crippen LogP contribution in [0.2, 0.25) is 0 Å². The number of imide groups is 1. The quantitative estimate of drug-likeness (QED) is 0.570. The topological polar surface area (TPSA) is 84.0 Å². The molecular formula is C18H20N2O5. The van der Waals surface area contributed by atoms with Crippen LogP contribution in [0.4, 0.5) is 0 Å². The van der Waals surface area contributed by atoms with Gasteiger partial charge in [0, 0.05) is 12.6 Å². The second-order valence-corrected chi connectivity index (χ2v) is 6.44. The number of benzene rings is 1. The molecule has 2 aliphatic rings. The van der Waals surface area contributed by atoms with Crippen LogP contribution in [0, 0.1) is 5.92 Å². The average molecular weight is 344 g/mol. The highest BCUT2D eigenvalue weighted by Crippen LogP contribution is 2.29. The summed E-state index contributed by atoms with van der Waals surface area (Å²) < 4.78 is 4.71. The summed E-state index contributed by atoms with van der Waals surface area (Å²) in [4.78, 5) is 51.7. The van der Waals surface area contributed by atoms with Crippen LogP contribution < -0.4 is 0 Å². The summed E-state index contributed by atoms with van der Waals surface area (Å²) in [7, 11) is 1.31. The molecule has 1 aromatic carbocycles. The SMILES string of the molecule is COC(=O)C(C)CN(C(=O)CN1C(=O)c2ccccc2C1=O)C1CC1. The van der Waals surface area contributed by atoms with Crippen LogP contribution in [0.3, 0.4) is 0 Å². The third-order valence-electron chi connectivity index (χ3n) is 4.55. The van der Waals surface area contributed by atoms with Gasteiger partial charge in [0.1, 0.15) is 6.54 Å². The predicted octanol–water partition coefficient (Wildman–Crippen LogP) is 1.08. The number of ether oxygens (including phenoxy) is 1. The van der Waals surface area contributed by atoms with Crippen LogP contribution in [0.15, 0.2) is 24.3 Å². The number of nitrogens with zero attached hydrogens (tertiary/aromatic N) is 2. The fraction of sp³-hybridized carbons (Fsp3) is 0.444. The first-order valence-corrected chi connectivity index (χ1v) is 8.26. The van der Waals surface area contributed by atoms with Crippen molar-refractivity contribution in [2.45, 2.75) is 25.8 Å². The molecule has 3 rings (SSSR count). The first-order valence-electron chi connectivity index (χ1n) is 8.26. The Morgan fingerprint density at radius 1 is 1.20 bits per heavy atom. The van der Waals surface area contributed by atoms with Gasteiger partial charge in [0.25, 0.3) is 11.8 Å². The lowest BCUT2D eigenvalue weighted by Crippen LogP contribution is -2.46. The number of esters is 1. The minimum Gasteiger partial charge on any atom is -0.469 e. The fourth-order valence-electron chi connectivity index (χ4n) is 3.02. The van der Waals surface area contributed by atoms with E-state index in [0.717, 1.165) is 17.7 Å². The monoisotopic (exact) mass is 344 g/mol. The summed E-state index contributed by atoms with van der Waals surface area (Å²) in [5.41, 5.74) is 0.641. The number of methoxy groups -OCH3 is 1. The van der Waals surface area contributed by atoms with Crippen LogP contribution in [0.25, 0.3) is 0 Å². The van der Waals surface area contributed by atoms with E-state index in [1.165, 1.54) is 7.11 Å². The van der Waals surface area contributed by atoms with Gasteiger partial charge in [0.2, 0.25) is 5.91 Å². The molecule has 0 aromatic heterocycles. The lowest BCUT2D eigenvalue weighted by Gasteiger charge is -2.26. The third-order valence-corrected chi connectivity index (χ3v) is 4.55. The number of carbonyl (C=O) groups excluding carboxylic acids is 4. The summed E-state index contributed by atoms with van der Waals surface area (Å²) in [5, 5.41) is 0. The smallest absolute Gasteiger partial charge is 0.310 e. The molecule has 25 heavy (non-hydrogen) atoms. The molecule has 7 nitrogen and oxygen atoms in total. The highest BCUT2D eigenvalue weighted by Gasteiger charge is 2.40. The molecule has 3 amide bonds. The average Bonchev–Trinajstić information content (AvgIpc) is 3.43. The van der Waals surface area contributed by atoms with Gasteiger partial charge in [0.05, 0.1) is 24.2 Å². The Bertz CT molecular complexity index is 706. The van der Waals surface area contributed by atoms with E-state index in [-0.39, 0.29) is 31.0 Å². The minimum atomic E-state index is -0.461. The molecule has 0 saturated heterocycles. The van der Waals surface area contributed by atoms with Gasteiger partial charge in [-0.05, 0) is 25.0 Å². The third kappa shape index (κ3) is 3.26. The Hall–Kier alpha value is -2.70. The first-order chi connectivity index (χ1) is 11.9. The standard InChI is InChI=1S/C18H20N2O5/c1-11(18(24)25-2)9-19(12-7-8-12)15(21)10-20-16(22)13-5-3-4-6-14(13)17(20)23/h3-6,11-12H,7-10H2,1-2H3. The molecule has 0 bridgehead atoms. The van der Waals surface area contributed by atoms with Crippen molar-refractivity contribution in [1.29, 1.82) is 0 Å². The Morgan fingerprint density at radius 3 is 2.24 bits per heavy atom. The Balaban J connectivity index is 1.71. The van der Waals surface area contributed by atoms with Gasteiger partial charge in [-0.2, -0.15) is 0 Å². The zero-order valence-corrected chi connectivity index (χ0v) is 14.2. The lowest BCUT2D eigenvalue weighted by molar-refractivity contribution is -0.146. The van der Waals surface area contributed by atoms with E-state index < -0.39 is 17.7 Å². The van der Waals surface area contributed by atoms with Crippen LogP contribution in [-0.4, -0.2) is 59.7 Å². The van der Waals surface area contributed by atoms with E-state index in [2.05, 4.69) is 0 Å². The van der Waals surface area contributed by atoms with Crippen molar-refractivity contribution in [1.82, 2.24) is 9.80 Å². The molecule has 1 aliphatic carbocycles. The summed E-state index contributed by atoms with van der Waals surface area (Å²) in [6.45, 7) is 1.60. The number of hydrogen-bond donors (Lipinski definition) is 0. The second kappa shape index (κ2) is 6.66. The van der Waals surface area contributed by atoms with Crippen molar-refractivity contribution in [2.75, 3.05) is 20.2 Å². The van der Waals surface area contributed by atoms with Gasteiger partial charge in [-0.25, -0.2) is 0 Å². The van der Waals surface area contributed by atoms with Gasteiger partial charge in [-0.1, -0.05) is 19.1 Å². The second-order valence-electron chi connectivity index (χ2n) is 6.44. The van der Waals surface area contributed by atoms with E-state index in [1.807, 2.05) is 0 Å². The molecule has 1 aromatic rings. The molecule has 132 valence electrons. The zero-order chi connectivity index (χ0) is 18.1. The maximum absolute atomic E-state index is 12.7. The van der Waals surface area contributed by atoms with Crippen LogP contribution in [0.5, 0.6) is 0 Å². The fourth-order valence-corrected chi connectivity index (χ4v) is 3.02. The van der Waals surface area contributed by atoms with E-state index in [1.54, 1.807) is 36.1 Å². The van der Waals surface area contributed by atoms with Crippen molar-refractivity contribution in [3.63, 3.8) is 0 Å². The summed E-state index contributed by atoms with van der Waals surface area (Å²) in [5.74, 6) is -2.08. The van der Waals surface area contributed by atoms with Gasteiger partial charge < -0.3 is 9.64 Å². The van der Waals surface area contributed by atoms with Crippen molar-refractivity contribution in [3.05, 3.63) is 35.4 Å². The molecule has 1 heterocycles. The Labute approximate surface area is 145 Å². The van der Waals surface area contributed by atoms with E-state index in [9.17, 15) is 19.2 Å². The number of fused-ring (bicyclic) bond motifs is 1. The molecule has 0 spiro atoms. The van der Waals surface area contributed by atoms with Crippen LogP contribution in [0.1, 0.15) is 40.5 Å². The number of rotatable bonds is 6. The summed E-state index contributed by atoms with van der Waals surface area (Å²) in [6.07, 6.45) is 1.73. The normalized spacial score (nSPS) is 17.3. The molecule has 1 unspecified atom stereocenters. The molecule has 1 fully saturated rings. The molecule has 1 atom stereocenters. The summed E-state index contributed by atoms with van der Waals surface area (Å²) >= 11 is 0. The molecule has 1 saturated carbocycles. The number of carbonyl (C=O) groups is 4. The first kappa shape index (κ1) is 17.1. The molecule has 7 heteroatoms.